The predicted molar refractivity (Wildman–Crippen MR) is 146 cm³/mol. The molecular weight excluding hydrogens is 493 g/mol. The maximum atomic E-state index is 13.0. The molecule has 218 valence electrons. The maximum Gasteiger partial charge on any atom is 0.480 e. The summed E-state index contributed by atoms with van der Waals surface area (Å²) in [6.45, 7) is 6.83. The topological polar surface area (TPSA) is 80.3 Å². The molecule has 9 heteroatoms. The predicted octanol–water partition coefficient (Wildman–Crippen LogP) is 7.15. The Bertz CT molecular complexity index is 689. The van der Waals surface area contributed by atoms with Crippen LogP contribution in [0.15, 0.2) is 0 Å². The summed E-state index contributed by atoms with van der Waals surface area (Å²) < 4.78 is 42.1. The highest BCUT2D eigenvalue weighted by molar-refractivity contribution is 7.48. The van der Waals surface area contributed by atoms with Gasteiger partial charge in [0.1, 0.15) is 12.2 Å². The number of likely N-dealkylation sites (N-methyl/N-ethyl adjacent to an activating group) is 1. The van der Waals surface area contributed by atoms with Gasteiger partial charge in [0.2, 0.25) is 6.23 Å². The van der Waals surface area contributed by atoms with Gasteiger partial charge in [0.25, 0.3) is 0 Å². The molecule has 0 aromatic carbocycles. The van der Waals surface area contributed by atoms with Crippen molar-refractivity contribution in [1.29, 1.82) is 0 Å². The molecule has 0 amide bonds. The minimum Gasteiger partial charge on any atom is -0.460 e. The minimum atomic E-state index is -3.67. The Labute approximate surface area is 226 Å². The third-order valence-corrected chi connectivity index (χ3v) is 9.07. The molecule has 0 aromatic rings. The Kier molecular flexibility index (Phi) is 15.2. The normalized spacial score (nSPS) is 26.2. The number of carbonyl (C=O) groups is 1. The van der Waals surface area contributed by atoms with Gasteiger partial charge >= 0.3 is 13.8 Å². The van der Waals surface area contributed by atoms with Crippen LogP contribution >= 0.6 is 7.82 Å². The highest BCUT2D eigenvalue weighted by Gasteiger charge is 2.57. The molecule has 0 bridgehead atoms. The van der Waals surface area contributed by atoms with Crippen LogP contribution in [0.25, 0.3) is 0 Å². The maximum absolute atomic E-state index is 13.0. The highest BCUT2D eigenvalue weighted by atomic mass is 31.2. The van der Waals surface area contributed by atoms with Crippen LogP contribution in [0, 0.1) is 0 Å². The average molecular weight is 549 g/mol. The van der Waals surface area contributed by atoms with E-state index in [4.69, 9.17) is 23.0 Å². The molecule has 2 saturated heterocycles. The Balaban J connectivity index is 1.58. The van der Waals surface area contributed by atoms with Crippen molar-refractivity contribution in [2.24, 2.45) is 0 Å². The first-order valence-electron chi connectivity index (χ1n) is 14.9. The Morgan fingerprint density at radius 2 is 1.46 bits per heavy atom. The zero-order chi connectivity index (χ0) is 27.2. The molecule has 0 N–H and O–H groups in total. The fourth-order valence-corrected chi connectivity index (χ4v) is 6.91. The van der Waals surface area contributed by atoms with E-state index >= 15 is 0 Å². The lowest BCUT2D eigenvalue weighted by Gasteiger charge is -2.29. The van der Waals surface area contributed by atoms with Crippen molar-refractivity contribution >= 4 is 13.8 Å². The summed E-state index contributed by atoms with van der Waals surface area (Å²) in [4.78, 5) is 11.5. The van der Waals surface area contributed by atoms with Gasteiger partial charge in [-0.05, 0) is 13.3 Å². The smallest absolute Gasteiger partial charge is 0.460 e. The first-order chi connectivity index (χ1) is 17.7. The van der Waals surface area contributed by atoms with E-state index in [-0.39, 0.29) is 24.9 Å². The molecule has 0 aliphatic carbocycles. The Morgan fingerprint density at radius 1 is 0.919 bits per heavy atom. The van der Waals surface area contributed by atoms with Crippen LogP contribution in [-0.2, 0) is 32.4 Å². The number of unbranched alkanes of at least 4 members (excludes halogenated alkanes) is 13. The summed E-state index contributed by atoms with van der Waals surface area (Å²) in [6, 6.07) is 0. The number of nitrogens with zero attached hydrogens (tertiary/aromatic N) is 1. The molecule has 5 atom stereocenters. The van der Waals surface area contributed by atoms with Crippen molar-refractivity contribution in [3.8, 4) is 0 Å². The quantitative estimate of drug-likeness (QED) is 0.0652. The SMILES string of the molecule is CCCCCCCCCCCCCCCCOC(COP1(=O)OC2CC[N+](C)(C)C2O1)C(C)OC(C)=O. The van der Waals surface area contributed by atoms with Crippen molar-refractivity contribution in [1.82, 2.24) is 0 Å². The second-order valence-electron chi connectivity index (χ2n) is 11.5. The zero-order valence-electron chi connectivity index (χ0n) is 24.3. The largest absolute Gasteiger partial charge is 0.480 e. The fourth-order valence-electron chi connectivity index (χ4n) is 5.22. The molecular formula is C28H55NO7P+. The van der Waals surface area contributed by atoms with E-state index in [9.17, 15) is 9.36 Å². The van der Waals surface area contributed by atoms with Crippen molar-refractivity contribution in [2.75, 3.05) is 33.9 Å². The lowest BCUT2D eigenvalue weighted by molar-refractivity contribution is -0.920. The van der Waals surface area contributed by atoms with Crippen molar-refractivity contribution < 1.29 is 36.9 Å². The van der Waals surface area contributed by atoms with Crippen LogP contribution in [0.5, 0.6) is 0 Å². The standard InChI is InChI=1S/C28H55NO7P/c1-6-7-8-9-10-11-12-13-14-15-16-17-18-19-22-32-27(24(2)34-25(3)30)23-33-37(31)35-26-20-21-29(4,5)28(26)36-37/h24,26-28H,6-23H2,1-5H3/q+1. The van der Waals surface area contributed by atoms with Crippen molar-refractivity contribution in [3.63, 3.8) is 0 Å². The second kappa shape index (κ2) is 17.2. The summed E-state index contributed by atoms with van der Waals surface area (Å²) in [5.41, 5.74) is 0. The first-order valence-corrected chi connectivity index (χ1v) is 16.4. The van der Waals surface area contributed by atoms with Crippen LogP contribution in [-0.4, -0.2) is 68.8 Å². The van der Waals surface area contributed by atoms with Gasteiger partial charge in [-0.2, -0.15) is 0 Å². The first kappa shape index (κ1) is 32.7. The lowest BCUT2D eigenvalue weighted by Crippen LogP contribution is -2.46. The van der Waals surface area contributed by atoms with Gasteiger partial charge in [0, 0.05) is 20.0 Å². The highest BCUT2D eigenvalue weighted by Crippen LogP contribution is 2.60. The second-order valence-corrected chi connectivity index (χ2v) is 13.1. The molecule has 2 aliphatic rings. The van der Waals surface area contributed by atoms with Crippen LogP contribution in [0.2, 0.25) is 0 Å². The summed E-state index contributed by atoms with van der Waals surface area (Å²) >= 11 is 0. The van der Waals surface area contributed by atoms with Crippen LogP contribution in [0.1, 0.15) is 117 Å². The summed E-state index contributed by atoms with van der Waals surface area (Å²) in [7, 11) is 0.407. The molecule has 5 unspecified atom stereocenters. The number of hydrogen-bond acceptors (Lipinski definition) is 7. The average Bonchev–Trinajstić information content (AvgIpc) is 3.32. The minimum absolute atomic E-state index is 0.0167. The number of esters is 1. The van der Waals surface area contributed by atoms with Gasteiger partial charge in [-0.1, -0.05) is 90.4 Å². The molecule has 8 nitrogen and oxygen atoms in total. The Morgan fingerprint density at radius 3 is 1.97 bits per heavy atom. The molecule has 0 saturated carbocycles. The number of quaternary nitrogens is 1. The molecule has 0 radical (unpaired) electrons. The van der Waals surface area contributed by atoms with E-state index in [1.165, 1.54) is 84.0 Å². The summed E-state index contributed by atoms with van der Waals surface area (Å²) in [5, 5.41) is 0. The number of phosphoric acid groups is 1. The molecule has 0 aromatic heterocycles. The van der Waals surface area contributed by atoms with Crippen LogP contribution in [0.3, 0.4) is 0 Å². The third kappa shape index (κ3) is 12.5. The van der Waals surface area contributed by atoms with E-state index in [1.54, 1.807) is 6.92 Å². The molecule has 2 heterocycles. The van der Waals surface area contributed by atoms with Gasteiger partial charge in [0.15, 0.2) is 6.10 Å². The number of fused-ring (bicyclic) bond motifs is 1. The molecule has 2 fully saturated rings. The fraction of sp³-hybridized carbons (Fsp3) is 0.964. The number of likely N-dealkylation sites (tertiary alicyclic amines) is 1. The van der Waals surface area contributed by atoms with E-state index < -0.39 is 20.0 Å². The molecule has 37 heavy (non-hydrogen) atoms. The molecule has 0 spiro atoms. The van der Waals surface area contributed by atoms with E-state index in [0.717, 1.165) is 25.8 Å². The summed E-state index contributed by atoms with van der Waals surface area (Å²) in [5.74, 6) is -0.383. The van der Waals surface area contributed by atoms with Crippen LogP contribution in [0.4, 0.5) is 0 Å². The summed E-state index contributed by atoms with van der Waals surface area (Å²) in [6.07, 6.45) is 17.4. The number of rotatable bonds is 21. The van der Waals surface area contributed by atoms with E-state index in [0.29, 0.717) is 11.1 Å². The van der Waals surface area contributed by atoms with E-state index in [1.807, 2.05) is 14.1 Å². The van der Waals surface area contributed by atoms with Gasteiger partial charge in [0.05, 0.1) is 27.2 Å². The number of phosphoric ester groups is 1. The van der Waals surface area contributed by atoms with Crippen LogP contribution < -0.4 is 0 Å². The lowest BCUT2D eigenvalue weighted by atomic mass is 10.0. The van der Waals surface area contributed by atoms with Crippen molar-refractivity contribution in [3.05, 3.63) is 0 Å². The van der Waals surface area contributed by atoms with Gasteiger partial charge in [-0.25, -0.2) is 9.09 Å². The third-order valence-electron chi connectivity index (χ3n) is 7.60. The van der Waals surface area contributed by atoms with Gasteiger partial charge < -0.3 is 14.0 Å². The number of hydrogen-bond donors (Lipinski definition) is 0. The van der Waals surface area contributed by atoms with Gasteiger partial charge in [-0.15, -0.1) is 0 Å². The monoisotopic (exact) mass is 548 g/mol. The molecule has 2 rings (SSSR count). The Hall–Kier alpha value is -0.500. The number of carbonyl (C=O) groups excluding carboxylic acids is 1. The van der Waals surface area contributed by atoms with Gasteiger partial charge in [-0.3, -0.25) is 13.8 Å². The van der Waals surface area contributed by atoms with E-state index in [2.05, 4.69) is 6.92 Å². The number of ether oxygens (including phenoxy) is 2. The molecule has 2 aliphatic heterocycles. The van der Waals surface area contributed by atoms with Crippen molar-refractivity contribution in [2.45, 2.75) is 142 Å². The zero-order valence-corrected chi connectivity index (χ0v) is 25.2.